The van der Waals surface area contributed by atoms with Crippen molar-refractivity contribution in [2.45, 2.75) is 38.0 Å². The van der Waals surface area contributed by atoms with Crippen LogP contribution in [0.3, 0.4) is 0 Å². The molecule has 0 saturated carbocycles. The fourth-order valence-electron chi connectivity index (χ4n) is 2.93. The monoisotopic (exact) mass is 291 g/mol. The Morgan fingerprint density at radius 3 is 2.71 bits per heavy atom. The summed E-state index contributed by atoms with van der Waals surface area (Å²) in [5.74, 6) is 0.883. The van der Waals surface area contributed by atoms with Gasteiger partial charge in [-0.05, 0) is 25.3 Å². The second-order valence-electron chi connectivity index (χ2n) is 5.50. The van der Waals surface area contributed by atoms with E-state index >= 15 is 0 Å². The third kappa shape index (κ3) is 3.38. The molecule has 1 N–H and O–H groups in total. The summed E-state index contributed by atoms with van der Waals surface area (Å²) in [5.41, 5.74) is 0.447. The van der Waals surface area contributed by atoms with Crippen molar-refractivity contribution in [3.8, 4) is 5.75 Å². The summed E-state index contributed by atoms with van der Waals surface area (Å²) in [6.45, 7) is 4.07. The number of hydrogen-bond donors (Lipinski definition) is 1. The molecule has 4 nitrogen and oxygen atoms in total. The molecule has 116 valence electrons. The summed E-state index contributed by atoms with van der Waals surface area (Å²) in [5, 5.41) is 3.09. The minimum absolute atomic E-state index is 0.101. The first-order valence-corrected chi connectivity index (χ1v) is 7.74. The van der Waals surface area contributed by atoms with Gasteiger partial charge in [0.15, 0.2) is 0 Å². The Labute approximate surface area is 126 Å². The van der Waals surface area contributed by atoms with E-state index in [2.05, 4.69) is 12.2 Å². The predicted octanol–water partition coefficient (Wildman–Crippen LogP) is 2.66. The topological polar surface area (TPSA) is 47.6 Å². The molecular weight excluding hydrogens is 266 g/mol. The van der Waals surface area contributed by atoms with Crippen molar-refractivity contribution < 1.29 is 14.3 Å². The second-order valence-corrected chi connectivity index (χ2v) is 5.50. The molecule has 4 heteroatoms. The quantitative estimate of drug-likeness (QED) is 0.820. The Kier molecular flexibility index (Phi) is 5.62. The minimum Gasteiger partial charge on any atom is -0.496 e. The molecule has 0 aliphatic carbocycles. The smallest absolute Gasteiger partial charge is 0.230 e. The zero-order chi connectivity index (χ0) is 15.1. The highest BCUT2D eigenvalue weighted by Crippen LogP contribution is 2.40. The molecule has 1 amide bonds. The largest absolute Gasteiger partial charge is 0.496 e. The van der Waals surface area contributed by atoms with Gasteiger partial charge in [0, 0.05) is 25.3 Å². The van der Waals surface area contributed by atoms with Crippen molar-refractivity contribution in [3.05, 3.63) is 29.8 Å². The van der Waals surface area contributed by atoms with Crippen LogP contribution in [0.4, 0.5) is 0 Å². The summed E-state index contributed by atoms with van der Waals surface area (Å²) in [6.07, 6.45) is 3.48. The number of para-hydroxylation sites is 1. The van der Waals surface area contributed by atoms with Gasteiger partial charge in [0.2, 0.25) is 5.91 Å². The predicted molar refractivity (Wildman–Crippen MR) is 82.6 cm³/mol. The van der Waals surface area contributed by atoms with Gasteiger partial charge in [-0.15, -0.1) is 0 Å². The van der Waals surface area contributed by atoms with Gasteiger partial charge in [-0.2, -0.15) is 0 Å². The van der Waals surface area contributed by atoms with E-state index in [4.69, 9.17) is 9.47 Å². The Balaban J connectivity index is 2.30. The first-order chi connectivity index (χ1) is 10.2. The number of rotatable bonds is 6. The highest BCUT2D eigenvalue weighted by Gasteiger charge is 2.43. The molecule has 0 unspecified atom stereocenters. The highest BCUT2D eigenvalue weighted by atomic mass is 16.5. The Bertz CT molecular complexity index is 467. The van der Waals surface area contributed by atoms with Crippen LogP contribution in [0.15, 0.2) is 24.3 Å². The van der Waals surface area contributed by atoms with Crippen LogP contribution in [0, 0.1) is 0 Å². The van der Waals surface area contributed by atoms with E-state index in [-0.39, 0.29) is 5.91 Å². The maximum absolute atomic E-state index is 12.8. The van der Waals surface area contributed by atoms with Crippen molar-refractivity contribution in [1.29, 1.82) is 0 Å². The molecule has 21 heavy (non-hydrogen) atoms. The minimum atomic E-state index is -0.529. The van der Waals surface area contributed by atoms with Gasteiger partial charge in [-0.3, -0.25) is 4.79 Å². The molecule has 0 aromatic heterocycles. The van der Waals surface area contributed by atoms with Crippen LogP contribution in [0.2, 0.25) is 0 Å². The summed E-state index contributed by atoms with van der Waals surface area (Å²) < 4.78 is 11.0. The van der Waals surface area contributed by atoms with Gasteiger partial charge >= 0.3 is 0 Å². The van der Waals surface area contributed by atoms with Crippen molar-refractivity contribution in [1.82, 2.24) is 5.32 Å². The number of unbranched alkanes of at least 4 members (excludes halogenated alkanes) is 1. The van der Waals surface area contributed by atoms with E-state index in [1.54, 1.807) is 7.11 Å². The Morgan fingerprint density at radius 1 is 1.33 bits per heavy atom. The normalized spacial score (nSPS) is 17.2. The zero-order valence-corrected chi connectivity index (χ0v) is 13.0. The summed E-state index contributed by atoms with van der Waals surface area (Å²) in [6, 6.07) is 7.83. The van der Waals surface area contributed by atoms with Crippen LogP contribution in [0.1, 0.15) is 38.2 Å². The van der Waals surface area contributed by atoms with E-state index in [1.807, 2.05) is 24.3 Å². The lowest BCUT2D eigenvalue weighted by Crippen LogP contribution is -2.48. The number of ether oxygens (including phenoxy) is 2. The fourth-order valence-corrected chi connectivity index (χ4v) is 2.93. The van der Waals surface area contributed by atoms with E-state index < -0.39 is 5.41 Å². The van der Waals surface area contributed by atoms with Crippen LogP contribution in [-0.4, -0.2) is 32.8 Å². The van der Waals surface area contributed by atoms with Crippen LogP contribution < -0.4 is 10.1 Å². The summed E-state index contributed by atoms with van der Waals surface area (Å²) in [7, 11) is 1.65. The first kappa shape index (κ1) is 15.8. The third-order valence-corrected chi connectivity index (χ3v) is 4.22. The number of benzene rings is 1. The Morgan fingerprint density at radius 2 is 2.05 bits per heavy atom. The van der Waals surface area contributed by atoms with E-state index in [0.29, 0.717) is 26.1 Å². The number of amides is 1. The number of carbonyl (C=O) groups is 1. The molecule has 1 heterocycles. The maximum atomic E-state index is 12.8. The van der Waals surface area contributed by atoms with Crippen LogP contribution >= 0.6 is 0 Å². The lowest BCUT2D eigenvalue weighted by Gasteiger charge is -2.37. The summed E-state index contributed by atoms with van der Waals surface area (Å²) >= 11 is 0. The molecule has 2 rings (SSSR count). The molecule has 0 spiro atoms. The van der Waals surface area contributed by atoms with Gasteiger partial charge in [0.1, 0.15) is 5.75 Å². The first-order valence-electron chi connectivity index (χ1n) is 7.74. The molecule has 1 aromatic rings. The van der Waals surface area contributed by atoms with Crippen LogP contribution in [0.25, 0.3) is 0 Å². The molecule has 0 radical (unpaired) electrons. The van der Waals surface area contributed by atoms with Crippen molar-refractivity contribution in [2.24, 2.45) is 0 Å². The van der Waals surface area contributed by atoms with E-state index in [1.165, 1.54) is 0 Å². The molecule has 0 bridgehead atoms. The zero-order valence-electron chi connectivity index (χ0n) is 13.0. The van der Waals surface area contributed by atoms with Gasteiger partial charge in [-0.1, -0.05) is 31.5 Å². The lowest BCUT2D eigenvalue weighted by molar-refractivity contribution is -0.130. The van der Waals surface area contributed by atoms with E-state index in [0.717, 1.165) is 30.7 Å². The fraction of sp³-hybridized carbons (Fsp3) is 0.588. The molecular formula is C17H25NO3. The van der Waals surface area contributed by atoms with Gasteiger partial charge in [0.05, 0.1) is 12.5 Å². The average molecular weight is 291 g/mol. The van der Waals surface area contributed by atoms with Gasteiger partial charge in [-0.25, -0.2) is 0 Å². The van der Waals surface area contributed by atoms with Gasteiger partial charge in [0.25, 0.3) is 0 Å². The number of hydrogen-bond acceptors (Lipinski definition) is 3. The Hall–Kier alpha value is -1.55. The molecule has 1 aromatic carbocycles. The average Bonchev–Trinajstić information content (AvgIpc) is 2.55. The number of nitrogens with one attached hydrogen (secondary N) is 1. The second kappa shape index (κ2) is 7.46. The third-order valence-electron chi connectivity index (χ3n) is 4.22. The van der Waals surface area contributed by atoms with Crippen molar-refractivity contribution in [3.63, 3.8) is 0 Å². The molecule has 1 aliphatic heterocycles. The van der Waals surface area contributed by atoms with Crippen molar-refractivity contribution in [2.75, 3.05) is 26.9 Å². The summed E-state index contributed by atoms with van der Waals surface area (Å²) in [4.78, 5) is 12.8. The molecule has 0 atom stereocenters. The number of carbonyl (C=O) groups excluding carboxylic acids is 1. The maximum Gasteiger partial charge on any atom is 0.230 e. The highest BCUT2D eigenvalue weighted by molar-refractivity contribution is 5.89. The van der Waals surface area contributed by atoms with Crippen LogP contribution in [-0.2, 0) is 14.9 Å². The van der Waals surface area contributed by atoms with Crippen molar-refractivity contribution >= 4 is 5.91 Å². The molecule has 1 saturated heterocycles. The number of methoxy groups -OCH3 is 1. The molecule has 1 aliphatic rings. The van der Waals surface area contributed by atoms with E-state index in [9.17, 15) is 4.79 Å². The SMILES string of the molecule is CCCCNC(=O)C1(c2ccccc2OC)CCOCC1. The standard InChI is InChI=1S/C17H25NO3/c1-3-4-11-18-16(19)17(9-12-21-13-10-17)14-7-5-6-8-15(14)20-2/h5-8H,3-4,9-13H2,1-2H3,(H,18,19). The van der Waals surface area contributed by atoms with Crippen LogP contribution in [0.5, 0.6) is 5.75 Å². The van der Waals surface area contributed by atoms with Gasteiger partial charge < -0.3 is 14.8 Å². The molecule has 1 fully saturated rings. The lowest BCUT2D eigenvalue weighted by atomic mass is 9.73.